The number of hydrogen-bond donors (Lipinski definition) is 2. The molecule has 1 aliphatic carbocycles. The normalized spacial score (nSPS) is 18.3. The first-order valence-corrected chi connectivity index (χ1v) is 9.59. The van der Waals surface area contributed by atoms with E-state index in [-0.39, 0.29) is 24.0 Å². The molecule has 0 radical (unpaired) electrons. The number of carboxylic acid groups (broad SMARTS) is 1. The summed E-state index contributed by atoms with van der Waals surface area (Å²) < 4.78 is 0. The van der Waals surface area contributed by atoms with Crippen LogP contribution in [-0.4, -0.2) is 28.8 Å². The molecule has 3 rings (SSSR count). The number of carbonyl (C=O) groups excluding carboxylic acids is 2. The van der Waals surface area contributed by atoms with Crippen molar-refractivity contribution in [1.29, 1.82) is 0 Å². The van der Waals surface area contributed by atoms with Gasteiger partial charge in [0.05, 0.1) is 5.41 Å². The molecule has 0 saturated heterocycles. The van der Waals surface area contributed by atoms with Gasteiger partial charge in [-0.05, 0) is 36.8 Å². The van der Waals surface area contributed by atoms with Gasteiger partial charge in [0, 0.05) is 12.8 Å². The molecule has 0 spiro atoms. The first-order chi connectivity index (χ1) is 13.4. The molecule has 0 bridgehead atoms. The van der Waals surface area contributed by atoms with Gasteiger partial charge in [0.15, 0.2) is 0 Å². The fraction of sp³-hybridized carbons (Fsp3) is 0.348. The smallest absolute Gasteiger partial charge is 0.326 e. The minimum Gasteiger partial charge on any atom is -0.480 e. The molecule has 2 atom stereocenters. The average molecular weight is 379 g/mol. The highest BCUT2D eigenvalue weighted by Crippen LogP contribution is 2.33. The Morgan fingerprint density at radius 3 is 2.04 bits per heavy atom. The lowest BCUT2D eigenvalue weighted by Gasteiger charge is -2.33. The van der Waals surface area contributed by atoms with E-state index >= 15 is 0 Å². The molecule has 1 aliphatic rings. The lowest BCUT2D eigenvalue weighted by Crippen LogP contribution is -2.53. The Balaban J connectivity index is 1.95. The quantitative estimate of drug-likeness (QED) is 0.806. The number of ketones is 1. The number of aliphatic carboxylic acids is 1. The third-order valence-corrected chi connectivity index (χ3v) is 5.70. The van der Waals surface area contributed by atoms with Crippen LogP contribution in [0.15, 0.2) is 60.7 Å². The zero-order chi connectivity index (χ0) is 20.1. The Morgan fingerprint density at radius 1 is 1.04 bits per heavy atom. The van der Waals surface area contributed by atoms with Crippen LogP contribution in [0.3, 0.4) is 0 Å². The van der Waals surface area contributed by atoms with Crippen LogP contribution in [0.2, 0.25) is 0 Å². The highest BCUT2D eigenvalue weighted by molar-refractivity contribution is 5.94. The minimum absolute atomic E-state index is 0.0608. The van der Waals surface area contributed by atoms with Gasteiger partial charge in [0.1, 0.15) is 11.8 Å². The van der Waals surface area contributed by atoms with Gasteiger partial charge in [-0.3, -0.25) is 9.59 Å². The fourth-order valence-corrected chi connectivity index (χ4v) is 3.98. The van der Waals surface area contributed by atoms with Crippen LogP contribution in [0.5, 0.6) is 0 Å². The molecule has 28 heavy (non-hydrogen) atoms. The largest absolute Gasteiger partial charge is 0.480 e. The summed E-state index contributed by atoms with van der Waals surface area (Å²) in [5.74, 6) is -1.80. The molecule has 146 valence electrons. The molecule has 1 saturated carbocycles. The minimum atomic E-state index is -1.10. The van der Waals surface area contributed by atoms with E-state index in [1.54, 1.807) is 6.92 Å². The second-order valence-electron chi connectivity index (χ2n) is 7.54. The molecule has 1 fully saturated rings. The summed E-state index contributed by atoms with van der Waals surface area (Å²) in [6.07, 6.45) is 1.97. The monoisotopic (exact) mass is 379 g/mol. The lowest BCUT2D eigenvalue weighted by atomic mass is 9.74. The van der Waals surface area contributed by atoms with Gasteiger partial charge in [-0.25, -0.2) is 4.79 Å². The van der Waals surface area contributed by atoms with Gasteiger partial charge in [0.25, 0.3) is 0 Å². The Bertz CT molecular complexity index is 808. The topological polar surface area (TPSA) is 83.5 Å². The summed E-state index contributed by atoms with van der Waals surface area (Å²) in [4.78, 5) is 37.2. The number of amides is 1. The Kier molecular flexibility index (Phi) is 5.93. The van der Waals surface area contributed by atoms with E-state index in [1.165, 1.54) is 0 Å². The first-order valence-electron chi connectivity index (χ1n) is 9.59. The molecule has 0 heterocycles. The standard InChI is InChI=1S/C23H25NO4/c1-23(17-10-4-2-5-11-17,18-12-6-3-7-13-18)22(28)24-20(21(26)27)16-9-8-14-19(25)15-16/h2-7,10-13,16,20H,8-9,14-15H2,1H3,(H,24,28)(H,26,27)/t16-,20-/m1/s1. The van der Waals surface area contributed by atoms with Crippen molar-refractivity contribution in [1.82, 2.24) is 5.32 Å². The van der Waals surface area contributed by atoms with Crippen LogP contribution in [-0.2, 0) is 19.8 Å². The number of rotatable bonds is 6. The second-order valence-corrected chi connectivity index (χ2v) is 7.54. The van der Waals surface area contributed by atoms with E-state index in [9.17, 15) is 19.5 Å². The summed E-state index contributed by atoms with van der Waals surface area (Å²) in [5, 5.41) is 12.5. The Labute approximate surface area is 164 Å². The molecule has 0 aromatic heterocycles. The molecule has 5 nitrogen and oxygen atoms in total. The van der Waals surface area contributed by atoms with Crippen molar-refractivity contribution in [3.63, 3.8) is 0 Å². The number of benzene rings is 2. The predicted molar refractivity (Wildman–Crippen MR) is 106 cm³/mol. The lowest BCUT2D eigenvalue weighted by molar-refractivity contribution is -0.145. The molecule has 2 aromatic rings. The van der Waals surface area contributed by atoms with Crippen LogP contribution in [0, 0.1) is 5.92 Å². The first kappa shape index (κ1) is 19.8. The van der Waals surface area contributed by atoms with Crippen molar-refractivity contribution in [3.05, 3.63) is 71.8 Å². The zero-order valence-corrected chi connectivity index (χ0v) is 15.9. The van der Waals surface area contributed by atoms with Crippen molar-refractivity contribution in [2.75, 3.05) is 0 Å². The van der Waals surface area contributed by atoms with Crippen molar-refractivity contribution in [2.24, 2.45) is 5.92 Å². The molecule has 2 aromatic carbocycles. The van der Waals surface area contributed by atoms with E-state index < -0.39 is 17.4 Å². The van der Waals surface area contributed by atoms with Crippen molar-refractivity contribution < 1.29 is 19.5 Å². The summed E-state index contributed by atoms with van der Waals surface area (Å²) in [6.45, 7) is 1.80. The van der Waals surface area contributed by atoms with Gasteiger partial charge in [-0.15, -0.1) is 0 Å². The predicted octanol–water partition coefficient (Wildman–Crippen LogP) is 3.32. The van der Waals surface area contributed by atoms with E-state index in [2.05, 4.69) is 5.32 Å². The summed E-state index contributed by atoms with van der Waals surface area (Å²) in [6, 6.07) is 17.6. The number of Topliss-reactive ketones (excluding diaryl/α,β-unsaturated/α-hetero) is 1. The fourth-order valence-electron chi connectivity index (χ4n) is 3.98. The maximum Gasteiger partial charge on any atom is 0.326 e. The number of carbonyl (C=O) groups is 3. The van der Waals surface area contributed by atoms with Crippen molar-refractivity contribution in [3.8, 4) is 0 Å². The molecule has 0 unspecified atom stereocenters. The number of carboxylic acids is 1. The molecular formula is C23H25NO4. The van der Waals surface area contributed by atoms with Crippen LogP contribution in [0.1, 0.15) is 43.7 Å². The van der Waals surface area contributed by atoms with Gasteiger partial charge < -0.3 is 10.4 Å². The molecule has 2 N–H and O–H groups in total. The van der Waals surface area contributed by atoms with Crippen molar-refractivity contribution >= 4 is 17.7 Å². The Morgan fingerprint density at radius 2 is 1.57 bits per heavy atom. The maximum atomic E-state index is 13.4. The van der Waals surface area contributed by atoms with E-state index in [0.717, 1.165) is 11.1 Å². The maximum absolute atomic E-state index is 13.4. The molecule has 5 heteroatoms. The van der Waals surface area contributed by atoms with Gasteiger partial charge >= 0.3 is 5.97 Å². The van der Waals surface area contributed by atoms with Crippen LogP contribution in [0.4, 0.5) is 0 Å². The average Bonchev–Trinajstić information content (AvgIpc) is 2.72. The second kappa shape index (κ2) is 8.38. The van der Waals surface area contributed by atoms with E-state index in [0.29, 0.717) is 19.3 Å². The zero-order valence-electron chi connectivity index (χ0n) is 15.9. The van der Waals surface area contributed by atoms with Crippen LogP contribution < -0.4 is 5.32 Å². The number of hydrogen-bond acceptors (Lipinski definition) is 3. The molecule has 1 amide bonds. The van der Waals surface area contributed by atoms with E-state index in [4.69, 9.17) is 0 Å². The molecular weight excluding hydrogens is 354 g/mol. The highest BCUT2D eigenvalue weighted by Gasteiger charge is 2.41. The molecule has 0 aliphatic heterocycles. The summed E-state index contributed by atoms with van der Waals surface area (Å²) in [5.41, 5.74) is 0.514. The van der Waals surface area contributed by atoms with Gasteiger partial charge in [-0.2, -0.15) is 0 Å². The van der Waals surface area contributed by atoms with E-state index in [1.807, 2.05) is 60.7 Å². The number of nitrogens with one attached hydrogen (secondary N) is 1. The van der Waals surface area contributed by atoms with Crippen LogP contribution >= 0.6 is 0 Å². The van der Waals surface area contributed by atoms with Gasteiger partial charge in [-0.1, -0.05) is 60.7 Å². The van der Waals surface area contributed by atoms with Gasteiger partial charge in [0.2, 0.25) is 5.91 Å². The van der Waals surface area contributed by atoms with Crippen molar-refractivity contribution in [2.45, 2.75) is 44.1 Å². The highest BCUT2D eigenvalue weighted by atomic mass is 16.4. The third-order valence-electron chi connectivity index (χ3n) is 5.70. The summed E-state index contributed by atoms with van der Waals surface area (Å²) >= 11 is 0. The SMILES string of the molecule is CC(C(=O)N[C@@H](C(=O)O)[C@@H]1CCCC(=O)C1)(c1ccccc1)c1ccccc1. The Hall–Kier alpha value is -2.95. The third kappa shape index (κ3) is 3.98. The van der Waals surface area contributed by atoms with Crippen LogP contribution in [0.25, 0.3) is 0 Å². The summed E-state index contributed by atoms with van der Waals surface area (Å²) in [7, 11) is 0.